The molecule has 0 heterocycles. The van der Waals surface area contributed by atoms with Gasteiger partial charge in [0.25, 0.3) is 0 Å². The van der Waals surface area contributed by atoms with Crippen LogP contribution in [0.25, 0.3) is 0 Å². The Balaban J connectivity index is 3.29. The summed E-state index contributed by atoms with van der Waals surface area (Å²) in [5.74, 6) is -1.05. The average Bonchev–Trinajstić information content (AvgIpc) is 2.39. The van der Waals surface area contributed by atoms with Crippen LogP contribution in [-0.2, 0) is 0 Å². The van der Waals surface area contributed by atoms with E-state index in [1.54, 1.807) is 31.2 Å². The molecule has 0 spiro atoms. The van der Waals surface area contributed by atoms with Gasteiger partial charge in [-0.2, -0.15) is 5.26 Å². The van der Waals surface area contributed by atoms with Crippen LogP contribution in [0, 0.1) is 23.1 Å². The summed E-state index contributed by atoms with van der Waals surface area (Å²) in [6.45, 7) is 2.97. The fourth-order valence-corrected chi connectivity index (χ4v) is 2.12. The molecule has 0 N–H and O–H groups in total. The zero-order valence-electron chi connectivity index (χ0n) is 11.1. The lowest BCUT2D eigenvalue weighted by Crippen LogP contribution is -2.11. The molecule has 0 aliphatic rings. The van der Waals surface area contributed by atoms with Gasteiger partial charge in [-0.25, -0.2) is 8.78 Å². The van der Waals surface area contributed by atoms with E-state index in [0.29, 0.717) is 11.1 Å². The van der Waals surface area contributed by atoms with E-state index >= 15 is 0 Å². The molecule has 1 aromatic carbocycles. The van der Waals surface area contributed by atoms with Crippen molar-refractivity contribution in [1.29, 1.82) is 5.26 Å². The van der Waals surface area contributed by atoms with Crippen LogP contribution < -0.4 is 0 Å². The highest BCUT2D eigenvalue weighted by molar-refractivity contribution is 5.37. The third-order valence-electron chi connectivity index (χ3n) is 2.94. The molecule has 0 aliphatic heterocycles. The third kappa shape index (κ3) is 4.03. The predicted octanol–water partition coefficient (Wildman–Crippen LogP) is 4.54. The largest absolute Gasteiger partial charge is 0.247 e. The number of alkyl halides is 1. The minimum absolute atomic E-state index is 0.326. The molecular formula is C16H17F2N. The highest BCUT2D eigenvalue weighted by Gasteiger charge is 2.22. The molecule has 19 heavy (non-hydrogen) atoms. The summed E-state index contributed by atoms with van der Waals surface area (Å²) >= 11 is 0. The molecule has 0 saturated heterocycles. The molecule has 1 rings (SSSR count). The summed E-state index contributed by atoms with van der Waals surface area (Å²) in [5, 5.41) is 9.13. The number of hydrogen-bond donors (Lipinski definition) is 0. The molecule has 0 bridgehead atoms. The first kappa shape index (κ1) is 15.1. The van der Waals surface area contributed by atoms with E-state index in [2.05, 4.69) is 6.07 Å². The number of rotatable bonds is 5. The maximum Gasteiger partial charge on any atom is 0.123 e. The van der Waals surface area contributed by atoms with Gasteiger partial charge >= 0.3 is 0 Å². The fourth-order valence-electron chi connectivity index (χ4n) is 2.12. The van der Waals surface area contributed by atoms with E-state index in [0.717, 1.165) is 0 Å². The second-order valence-corrected chi connectivity index (χ2v) is 4.31. The minimum atomic E-state index is -0.608. The topological polar surface area (TPSA) is 23.8 Å². The molecule has 0 saturated carbocycles. The molecule has 1 nitrogen and oxygen atoms in total. The van der Waals surface area contributed by atoms with Crippen LogP contribution in [-0.4, -0.2) is 6.67 Å². The minimum Gasteiger partial charge on any atom is -0.247 e. The van der Waals surface area contributed by atoms with Crippen LogP contribution >= 0.6 is 0 Å². The van der Waals surface area contributed by atoms with Crippen molar-refractivity contribution in [3.63, 3.8) is 0 Å². The zero-order chi connectivity index (χ0) is 14.3. The first-order valence-corrected chi connectivity index (χ1v) is 6.17. The summed E-state index contributed by atoms with van der Waals surface area (Å²) in [5.41, 5.74) is 1.39. The lowest BCUT2D eigenvalue weighted by atomic mass is 9.81. The van der Waals surface area contributed by atoms with Crippen molar-refractivity contribution in [2.75, 3.05) is 6.67 Å². The van der Waals surface area contributed by atoms with Crippen molar-refractivity contribution in [3.8, 4) is 6.07 Å². The van der Waals surface area contributed by atoms with E-state index in [9.17, 15) is 8.78 Å². The van der Waals surface area contributed by atoms with Gasteiger partial charge in [-0.05, 0) is 43.2 Å². The Kier molecular flexibility index (Phi) is 5.95. The average molecular weight is 261 g/mol. The predicted molar refractivity (Wildman–Crippen MR) is 72.8 cm³/mol. The highest BCUT2D eigenvalue weighted by Crippen LogP contribution is 2.33. The van der Waals surface area contributed by atoms with Gasteiger partial charge in [0.2, 0.25) is 0 Å². The quantitative estimate of drug-likeness (QED) is 0.714. The van der Waals surface area contributed by atoms with Crippen molar-refractivity contribution in [1.82, 2.24) is 0 Å². The van der Waals surface area contributed by atoms with Gasteiger partial charge in [-0.3, -0.25) is 0 Å². The Morgan fingerprint density at radius 1 is 1.47 bits per heavy atom. The van der Waals surface area contributed by atoms with E-state index in [4.69, 9.17) is 5.26 Å². The first-order valence-electron chi connectivity index (χ1n) is 6.17. The van der Waals surface area contributed by atoms with Crippen molar-refractivity contribution in [2.45, 2.75) is 19.8 Å². The molecule has 0 fully saturated rings. The highest BCUT2D eigenvalue weighted by atomic mass is 19.1. The second-order valence-electron chi connectivity index (χ2n) is 4.31. The van der Waals surface area contributed by atoms with E-state index in [1.807, 2.05) is 6.92 Å². The molecule has 0 aliphatic carbocycles. The number of benzene rings is 1. The van der Waals surface area contributed by atoms with Crippen molar-refractivity contribution in [2.24, 2.45) is 5.92 Å². The Bertz CT molecular complexity index is 512. The Morgan fingerprint density at radius 2 is 2.21 bits per heavy atom. The van der Waals surface area contributed by atoms with Gasteiger partial charge in [0.1, 0.15) is 12.5 Å². The maximum atomic E-state index is 13.3. The van der Waals surface area contributed by atoms with Gasteiger partial charge in [0.15, 0.2) is 0 Å². The Morgan fingerprint density at radius 3 is 2.74 bits per heavy atom. The Hall–Kier alpha value is -1.95. The molecule has 2 unspecified atom stereocenters. The van der Waals surface area contributed by atoms with Gasteiger partial charge in [0.05, 0.1) is 12.0 Å². The number of halogens is 2. The summed E-state index contributed by atoms with van der Waals surface area (Å²) in [7, 11) is 0. The SMILES string of the molecule is C/C=C\C(=C/CF)C(c1cccc(F)c1)C(C)C#N. The molecule has 1 aromatic rings. The lowest BCUT2D eigenvalue weighted by molar-refractivity contribution is 0.552. The zero-order valence-corrected chi connectivity index (χ0v) is 11.1. The van der Waals surface area contributed by atoms with Crippen LogP contribution in [0.2, 0.25) is 0 Å². The first-order chi connectivity index (χ1) is 9.13. The second kappa shape index (κ2) is 7.48. The van der Waals surface area contributed by atoms with Crippen molar-refractivity contribution >= 4 is 0 Å². The van der Waals surface area contributed by atoms with Gasteiger partial charge < -0.3 is 0 Å². The fraction of sp³-hybridized carbons (Fsp3) is 0.312. The van der Waals surface area contributed by atoms with E-state index < -0.39 is 6.67 Å². The normalized spacial score (nSPS) is 15.2. The van der Waals surface area contributed by atoms with Gasteiger partial charge in [-0.1, -0.05) is 24.3 Å². The number of hydrogen-bond acceptors (Lipinski definition) is 1. The van der Waals surface area contributed by atoms with E-state index in [1.165, 1.54) is 18.2 Å². The van der Waals surface area contributed by atoms with Crippen molar-refractivity contribution in [3.05, 3.63) is 59.4 Å². The number of nitrogens with zero attached hydrogens (tertiary/aromatic N) is 1. The number of nitriles is 1. The lowest BCUT2D eigenvalue weighted by Gasteiger charge is -2.21. The maximum absolute atomic E-state index is 13.3. The smallest absolute Gasteiger partial charge is 0.123 e. The Labute approximate surface area is 112 Å². The molecular weight excluding hydrogens is 244 g/mol. The number of allylic oxidation sites excluding steroid dienone is 4. The molecule has 0 amide bonds. The molecule has 0 aromatic heterocycles. The summed E-state index contributed by atoms with van der Waals surface area (Å²) in [6.07, 6.45) is 4.99. The molecule has 3 heteroatoms. The van der Waals surface area contributed by atoms with E-state index in [-0.39, 0.29) is 17.7 Å². The van der Waals surface area contributed by atoms with Gasteiger partial charge in [0, 0.05) is 5.92 Å². The summed E-state index contributed by atoms with van der Waals surface area (Å²) in [6, 6.07) is 8.27. The van der Waals surface area contributed by atoms with Crippen LogP contribution in [0.15, 0.2) is 48.1 Å². The standard InChI is InChI=1S/C16H17F2N/c1-3-5-13(8-9-17)16(12(2)11-19)14-6-4-7-15(18)10-14/h3-8,10,12,16H,9H2,1-2H3/b5-3-,13-8+. The third-order valence-corrected chi connectivity index (χ3v) is 2.94. The molecule has 0 radical (unpaired) electrons. The molecule has 2 atom stereocenters. The van der Waals surface area contributed by atoms with Gasteiger partial charge in [-0.15, -0.1) is 0 Å². The van der Waals surface area contributed by atoms with Crippen LogP contribution in [0.1, 0.15) is 25.3 Å². The summed E-state index contributed by atoms with van der Waals surface area (Å²) in [4.78, 5) is 0. The monoisotopic (exact) mass is 261 g/mol. The van der Waals surface area contributed by atoms with Crippen LogP contribution in [0.5, 0.6) is 0 Å². The van der Waals surface area contributed by atoms with Crippen molar-refractivity contribution < 1.29 is 8.78 Å². The summed E-state index contributed by atoms with van der Waals surface area (Å²) < 4.78 is 26.0. The van der Waals surface area contributed by atoms with Crippen LogP contribution in [0.3, 0.4) is 0 Å². The molecule has 100 valence electrons. The van der Waals surface area contributed by atoms with Crippen LogP contribution in [0.4, 0.5) is 8.78 Å².